The topological polar surface area (TPSA) is 17.1 Å². The van der Waals surface area contributed by atoms with E-state index in [1.165, 1.54) is 6.92 Å². The molecule has 0 aliphatic heterocycles. The van der Waals surface area contributed by atoms with Gasteiger partial charge in [-0.25, -0.2) is 0 Å². The normalized spacial score (nSPS) is 13.2. The van der Waals surface area contributed by atoms with Crippen LogP contribution in [0.5, 0.6) is 0 Å². The van der Waals surface area contributed by atoms with Crippen LogP contribution in [0, 0.1) is 0 Å². The van der Waals surface area contributed by atoms with Crippen LogP contribution in [-0.4, -0.2) is 12.0 Å². The molecule has 1 nitrogen and oxygen atoms in total. The van der Waals surface area contributed by atoms with E-state index < -0.39 is 11.2 Å². The van der Waals surface area contributed by atoms with Gasteiger partial charge >= 0.3 is 6.18 Å². The molecule has 0 aromatic heterocycles. The summed E-state index contributed by atoms with van der Waals surface area (Å²) in [6, 6.07) is 0. The highest BCUT2D eigenvalue weighted by Gasteiger charge is 2.31. The van der Waals surface area contributed by atoms with E-state index in [-0.39, 0.29) is 18.6 Å². The standard InChI is InChI=1S/C7H8ClF3O/c1-5(12)3-2-4-6(8)7(9,10)11/h4H,2-3H2,1H3. The average Bonchev–Trinajstić information content (AvgIpc) is 1.84. The number of rotatable bonds is 3. The second-order valence-electron chi connectivity index (χ2n) is 2.29. The molecule has 70 valence electrons. The summed E-state index contributed by atoms with van der Waals surface area (Å²) in [5.41, 5.74) is 0. The van der Waals surface area contributed by atoms with Crippen LogP contribution in [0.1, 0.15) is 19.8 Å². The molecule has 0 aliphatic carbocycles. The molecule has 0 aliphatic rings. The Bertz CT molecular complexity index is 195. The summed E-state index contributed by atoms with van der Waals surface area (Å²) < 4.78 is 35.1. The molecule has 0 amide bonds. The molecule has 5 heteroatoms. The van der Waals surface area contributed by atoms with Crippen LogP contribution < -0.4 is 0 Å². The van der Waals surface area contributed by atoms with Crippen LogP contribution in [0.2, 0.25) is 0 Å². The predicted octanol–water partition coefficient (Wildman–Crippen LogP) is 3.04. The zero-order valence-corrected chi connectivity index (χ0v) is 7.17. The number of hydrogen-bond acceptors (Lipinski definition) is 1. The van der Waals surface area contributed by atoms with Crippen molar-refractivity contribution in [1.82, 2.24) is 0 Å². The van der Waals surface area contributed by atoms with Crippen molar-refractivity contribution in [2.24, 2.45) is 0 Å². The maximum Gasteiger partial charge on any atom is 0.426 e. The Morgan fingerprint density at radius 1 is 1.50 bits per heavy atom. The Hall–Kier alpha value is -0.510. The van der Waals surface area contributed by atoms with Crippen LogP contribution in [0.25, 0.3) is 0 Å². The van der Waals surface area contributed by atoms with Crippen molar-refractivity contribution in [2.75, 3.05) is 0 Å². The molecule has 0 saturated carbocycles. The molecule has 0 saturated heterocycles. The summed E-state index contributed by atoms with van der Waals surface area (Å²) in [5, 5.41) is -1.16. The van der Waals surface area contributed by atoms with Crippen molar-refractivity contribution in [1.29, 1.82) is 0 Å². The fraction of sp³-hybridized carbons (Fsp3) is 0.571. The third-order valence-electron chi connectivity index (χ3n) is 1.09. The first-order chi connectivity index (χ1) is 5.34. The molecule has 0 rings (SSSR count). The van der Waals surface area contributed by atoms with E-state index in [9.17, 15) is 18.0 Å². The minimum atomic E-state index is -4.49. The molecule has 0 heterocycles. The number of halogens is 4. The zero-order chi connectivity index (χ0) is 9.78. The first-order valence-corrected chi connectivity index (χ1v) is 3.64. The van der Waals surface area contributed by atoms with E-state index in [0.717, 1.165) is 6.08 Å². The average molecular weight is 201 g/mol. The lowest BCUT2D eigenvalue weighted by Gasteiger charge is -2.02. The zero-order valence-electron chi connectivity index (χ0n) is 6.41. The fourth-order valence-electron chi connectivity index (χ4n) is 0.518. The lowest BCUT2D eigenvalue weighted by Crippen LogP contribution is -2.06. The van der Waals surface area contributed by atoms with Crippen LogP contribution >= 0.6 is 11.6 Å². The minimum absolute atomic E-state index is 0.0354. The minimum Gasteiger partial charge on any atom is -0.300 e. The van der Waals surface area contributed by atoms with Gasteiger partial charge in [0.2, 0.25) is 0 Å². The SMILES string of the molecule is CC(=O)CCC=C(Cl)C(F)(F)F. The number of hydrogen-bond donors (Lipinski definition) is 0. The molecule has 0 spiro atoms. The number of Topliss-reactive ketones (excluding diaryl/α,β-unsaturated/α-hetero) is 1. The third-order valence-corrected chi connectivity index (χ3v) is 1.46. The van der Waals surface area contributed by atoms with Crippen molar-refractivity contribution >= 4 is 17.4 Å². The summed E-state index contributed by atoms with van der Waals surface area (Å²) in [7, 11) is 0. The second-order valence-corrected chi connectivity index (χ2v) is 2.70. The monoisotopic (exact) mass is 200 g/mol. The first kappa shape index (κ1) is 11.5. The second kappa shape index (κ2) is 4.50. The summed E-state index contributed by atoms with van der Waals surface area (Å²) in [6.45, 7) is 1.31. The number of carbonyl (C=O) groups excluding carboxylic acids is 1. The Balaban J connectivity index is 3.94. The van der Waals surface area contributed by atoms with Gasteiger partial charge in [-0.2, -0.15) is 13.2 Å². The van der Waals surface area contributed by atoms with E-state index in [2.05, 4.69) is 0 Å². The van der Waals surface area contributed by atoms with Gasteiger partial charge in [-0.3, -0.25) is 0 Å². The van der Waals surface area contributed by atoms with Crippen molar-refractivity contribution in [3.05, 3.63) is 11.1 Å². The Morgan fingerprint density at radius 2 is 2.00 bits per heavy atom. The van der Waals surface area contributed by atoms with Crippen molar-refractivity contribution in [2.45, 2.75) is 25.9 Å². The molecule has 0 radical (unpaired) electrons. The highest BCUT2D eigenvalue weighted by atomic mass is 35.5. The molecular formula is C7H8ClF3O. The van der Waals surface area contributed by atoms with E-state index in [1.807, 2.05) is 0 Å². The quantitative estimate of drug-likeness (QED) is 0.684. The summed E-state index contributed by atoms with van der Waals surface area (Å²) >= 11 is 4.87. The molecular weight excluding hydrogens is 193 g/mol. The van der Waals surface area contributed by atoms with E-state index >= 15 is 0 Å². The van der Waals surface area contributed by atoms with Gasteiger partial charge in [0.25, 0.3) is 0 Å². The highest BCUT2D eigenvalue weighted by Crippen LogP contribution is 2.28. The summed E-state index contributed by atoms with van der Waals surface area (Å²) in [5.74, 6) is -0.155. The Labute approximate surface area is 73.2 Å². The predicted molar refractivity (Wildman–Crippen MR) is 39.9 cm³/mol. The van der Waals surface area contributed by atoms with Gasteiger partial charge in [-0.1, -0.05) is 17.7 Å². The van der Waals surface area contributed by atoms with Crippen LogP contribution in [0.15, 0.2) is 11.1 Å². The van der Waals surface area contributed by atoms with E-state index in [4.69, 9.17) is 11.6 Å². The fourth-order valence-corrected chi connectivity index (χ4v) is 0.627. The van der Waals surface area contributed by atoms with Crippen molar-refractivity contribution < 1.29 is 18.0 Å². The first-order valence-electron chi connectivity index (χ1n) is 3.26. The van der Waals surface area contributed by atoms with E-state index in [0.29, 0.717) is 0 Å². The van der Waals surface area contributed by atoms with Gasteiger partial charge in [-0.15, -0.1) is 0 Å². The van der Waals surface area contributed by atoms with Gasteiger partial charge in [0.1, 0.15) is 10.8 Å². The van der Waals surface area contributed by atoms with Crippen LogP contribution in [0.4, 0.5) is 13.2 Å². The maximum atomic E-state index is 11.7. The molecule has 0 unspecified atom stereocenters. The summed E-state index contributed by atoms with van der Waals surface area (Å²) in [6.07, 6.45) is -3.55. The largest absolute Gasteiger partial charge is 0.426 e. The molecule has 0 N–H and O–H groups in total. The Kier molecular flexibility index (Phi) is 4.31. The number of alkyl halides is 3. The molecule has 0 aromatic rings. The highest BCUT2D eigenvalue weighted by molar-refractivity contribution is 6.30. The maximum absolute atomic E-state index is 11.7. The van der Waals surface area contributed by atoms with Gasteiger partial charge in [-0.05, 0) is 13.3 Å². The smallest absolute Gasteiger partial charge is 0.300 e. The molecule has 0 aromatic carbocycles. The molecule has 0 atom stereocenters. The third kappa shape index (κ3) is 5.18. The lowest BCUT2D eigenvalue weighted by molar-refractivity contribution is -0.117. The van der Waals surface area contributed by atoms with Crippen molar-refractivity contribution in [3.63, 3.8) is 0 Å². The van der Waals surface area contributed by atoms with Crippen LogP contribution in [-0.2, 0) is 4.79 Å². The number of carbonyl (C=O) groups is 1. The summed E-state index contributed by atoms with van der Waals surface area (Å²) in [4.78, 5) is 10.3. The van der Waals surface area contributed by atoms with Crippen LogP contribution in [0.3, 0.4) is 0 Å². The van der Waals surface area contributed by atoms with Gasteiger partial charge in [0.05, 0.1) is 0 Å². The van der Waals surface area contributed by atoms with Gasteiger partial charge in [0.15, 0.2) is 0 Å². The van der Waals surface area contributed by atoms with Gasteiger partial charge < -0.3 is 4.79 Å². The molecule has 12 heavy (non-hydrogen) atoms. The Morgan fingerprint density at radius 3 is 2.33 bits per heavy atom. The van der Waals surface area contributed by atoms with Crippen molar-refractivity contribution in [3.8, 4) is 0 Å². The number of allylic oxidation sites excluding steroid dienone is 2. The molecule has 0 bridgehead atoms. The number of ketones is 1. The molecule has 0 fully saturated rings. The van der Waals surface area contributed by atoms with Gasteiger partial charge in [0, 0.05) is 6.42 Å². The van der Waals surface area contributed by atoms with E-state index in [1.54, 1.807) is 0 Å². The lowest BCUT2D eigenvalue weighted by atomic mass is 10.2.